The minimum absolute atomic E-state index is 0.151. The van der Waals surface area contributed by atoms with Gasteiger partial charge in [0.05, 0.1) is 10.2 Å². The highest BCUT2D eigenvalue weighted by Crippen LogP contribution is 2.28. The summed E-state index contributed by atoms with van der Waals surface area (Å²) >= 11 is 1.31. The molecule has 8 heteroatoms. The summed E-state index contributed by atoms with van der Waals surface area (Å²) in [4.78, 5) is 39.1. The number of rotatable bonds is 4. The Morgan fingerprint density at radius 2 is 1.58 bits per heavy atom. The minimum atomic E-state index is -0.321. The summed E-state index contributed by atoms with van der Waals surface area (Å²) in [5.41, 5.74) is 2.37. The molecule has 3 amide bonds. The lowest BCUT2D eigenvalue weighted by atomic mass is 10.2. The Bertz CT molecular complexity index is 1010. The van der Waals surface area contributed by atoms with Crippen LogP contribution in [0.3, 0.4) is 0 Å². The molecule has 2 aromatic carbocycles. The van der Waals surface area contributed by atoms with Crippen molar-refractivity contribution in [1.82, 2.24) is 4.98 Å². The zero-order chi connectivity index (χ0) is 18.7. The third-order valence-corrected chi connectivity index (χ3v) is 4.31. The summed E-state index contributed by atoms with van der Waals surface area (Å²) in [6.07, 6.45) is 0. The van der Waals surface area contributed by atoms with Gasteiger partial charge in [-0.3, -0.25) is 19.7 Å². The monoisotopic (exact) mass is 368 g/mol. The van der Waals surface area contributed by atoms with Crippen molar-refractivity contribution >= 4 is 55.8 Å². The van der Waals surface area contributed by atoms with Gasteiger partial charge in [0, 0.05) is 30.8 Å². The van der Waals surface area contributed by atoms with E-state index in [9.17, 15) is 14.4 Å². The highest BCUT2D eigenvalue weighted by atomic mass is 32.1. The van der Waals surface area contributed by atoms with E-state index in [2.05, 4.69) is 20.9 Å². The van der Waals surface area contributed by atoms with Crippen LogP contribution in [0.4, 0.5) is 16.5 Å². The second kappa shape index (κ2) is 7.32. The molecule has 3 N–H and O–H groups in total. The van der Waals surface area contributed by atoms with Crippen molar-refractivity contribution in [2.24, 2.45) is 0 Å². The van der Waals surface area contributed by atoms with Crippen molar-refractivity contribution in [2.45, 2.75) is 13.8 Å². The lowest BCUT2D eigenvalue weighted by Gasteiger charge is -2.05. The van der Waals surface area contributed by atoms with Crippen LogP contribution in [0, 0.1) is 0 Å². The van der Waals surface area contributed by atoms with Crippen molar-refractivity contribution in [2.75, 3.05) is 16.0 Å². The minimum Gasteiger partial charge on any atom is -0.326 e. The van der Waals surface area contributed by atoms with Crippen LogP contribution in [0.15, 0.2) is 42.5 Å². The topological polar surface area (TPSA) is 100 Å². The lowest BCUT2D eigenvalue weighted by Crippen LogP contribution is -2.12. The molecule has 0 bridgehead atoms. The van der Waals surface area contributed by atoms with E-state index in [1.165, 1.54) is 25.2 Å². The molecule has 3 aromatic rings. The Morgan fingerprint density at radius 1 is 0.885 bits per heavy atom. The van der Waals surface area contributed by atoms with Crippen LogP contribution >= 0.6 is 11.3 Å². The Kier molecular flexibility index (Phi) is 4.94. The molecule has 1 heterocycles. The number of carbonyl (C=O) groups excluding carboxylic acids is 3. The summed E-state index contributed by atoms with van der Waals surface area (Å²) in [5, 5.41) is 8.56. The first kappa shape index (κ1) is 17.6. The molecular weight excluding hydrogens is 352 g/mol. The van der Waals surface area contributed by atoms with Crippen LogP contribution < -0.4 is 16.0 Å². The second-order valence-electron chi connectivity index (χ2n) is 5.60. The van der Waals surface area contributed by atoms with E-state index in [4.69, 9.17) is 0 Å². The van der Waals surface area contributed by atoms with Gasteiger partial charge >= 0.3 is 0 Å². The maximum Gasteiger partial charge on any atom is 0.257 e. The third kappa shape index (κ3) is 4.22. The van der Waals surface area contributed by atoms with Gasteiger partial charge in [0.1, 0.15) is 0 Å². The first-order valence-corrected chi connectivity index (χ1v) is 8.59. The highest BCUT2D eigenvalue weighted by Gasteiger charge is 2.11. The number of thiazole rings is 1. The van der Waals surface area contributed by atoms with Gasteiger partial charge in [-0.25, -0.2) is 4.98 Å². The SMILES string of the molecule is CC(=O)Nc1cccc(C(=O)Nc2nc3ccc(NC(C)=O)cc3s2)c1. The molecule has 26 heavy (non-hydrogen) atoms. The number of hydrogen-bond acceptors (Lipinski definition) is 5. The summed E-state index contributed by atoms with van der Waals surface area (Å²) < 4.78 is 0.846. The van der Waals surface area contributed by atoms with Gasteiger partial charge < -0.3 is 10.6 Å². The molecule has 3 rings (SSSR count). The maximum atomic E-state index is 12.4. The molecule has 132 valence electrons. The van der Waals surface area contributed by atoms with E-state index < -0.39 is 0 Å². The molecule has 0 saturated carbocycles. The average molecular weight is 368 g/mol. The number of nitrogens with one attached hydrogen (secondary N) is 3. The lowest BCUT2D eigenvalue weighted by molar-refractivity contribution is -0.115. The van der Waals surface area contributed by atoms with Crippen molar-refractivity contribution < 1.29 is 14.4 Å². The first-order valence-electron chi connectivity index (χ1n) is 7.78. The third-order valence-electron chi connectivity index (χ3n) is 3.37. The number of benzene rings is 2. The van der Waals surface area contributed by atoms with Gasteiger partial charge in [-0.15, -0.1) is 0 Å². The summed E-state index contributed by atoms with van der Waals surface area (Å²) in [7, 11) is 0. The standard InChI is InChI=1S/C18H16N4O3S/c1-10(23)19-13-5-3-4-12(8-13)17(25)22-18-21-15-7-6-14(20-11(2)24)9-16(15)26-18/h3-9H,1-2H3,(H,19,23)(H,20,24)(H,21,22,25). The molecule has 0 aliphatic carbocycles. The fourth-order valence-corrected chi connectivity index (χ4v) is 3.27. The quantitative estimate of drug-likeness (QED) is 0.656. The van der Waals surface area contributed by atoms with Crippen LogP contribution in [-0.4, -0.2) is 22.7 Å². The zero-order valence-corrected chi connectivity index (χ0v) is 14.9. The molecular formula is C18H16N4O3S. The fourth-order valence-electron chi connectivity index (χ4n) is 2.37. The number of fused-ring (bicyclic) bond motifs is 1. The molecule has 7 nitrogen and oxygen atoms in total. The number of amides is 3. The molecule has 0 fully saturated rings. The van der Waals surface area contributed by atoms with Gasteiger partial charge in [-0.05, 0) is 36.4 Å². The number of aromatic nitrogens is 1. The van der Waals surface area contributed by atoms with E-state index in [1.807, 2.05) is 6.07 Å². The molecule has 1 aromatic heterocycles. The number of nitrogens with zero attached hydrogens (tertiary/aromatic N) is 1. The van der Waals surface area contributed by atoms with Crippen LogP contribution in [-0.2, 0) is 9.59 Å². The highest BCUT2D eigenvalue weighted by molar-refractivity contribution is 7.22. The van der Waals surface area contributed by atoms with Gasteiger partial charge in [-0.2, -0.15) is 0 Å². The van der Waals surface area contributed by atoms with Gasteiger partial charge in [-0.1, -0.05) is 17.4 Å². The van der Waals surface area contributed by atoms with Gasteiger partial charge in [0.15, 0.2) is 5.13 Å². The van der Waals surface area contributed by atoms with Crippen molar-refractivity contribution in [1.29, 1.82) is 0 Å². The van der Waals surface area contributed by atoms with Crippen LogP contribution in [0.1, 0.15) is 24.2 Å². The molecule has 0 saturated heterocycles. The van der Waals surface area contributed by atoms with E-state index in [-0.39, 0.29) is 17.7 Å². The van der Waals surface area contributed by atoms with Gasteiger partial charge in [0.25, 0.3) is 5.91 Å². The molecule has 0 aliphatic rings. The first-order chi connectivity index (χ1) is 12.4. The van der Waals surface area contributed by atoms with Crippen molar-refractivity contribution in [3.05, 3.63) is 48.0 Å². The summed E-state index contributed by atoms with van der Waals surface area (Å²) in [6.45, 7) is 2.85. The Labute approximate surface area is 153 Å². The normalized spacial score (nSPS) is 10.4. The second-order valence-corrected chi connectivity index (χ2v) is 6.63. The average Bonchev–Trinajstić information content (AvgIpc) is 2.95. The molecule has 0 unspecified atom stereocenters. The van der Waals surface area contributed by atoms with Crippen molar-refractivity contribution in [3.63, 3.8) is 0 Å². The fraction of sp³-hybridized carbons (Fsp3) is 0.111. The summed E-state index contributed by atoms with van der Waals surface area (Å²) in [6, 6.07) is 12.0. The Balaban J connectivity index is 1.78. The predicted octanol–water partition coefficient (Wildman–Crippen LogP) is 3.47. The molecule has 0 spiro atoms. The summed E-state index contributed by atoms with van der Waals surface area (Å²) in [5.74, 6) is -0.677. The zero-order valence-electron chi connectivity index (χ0n) is 14.1. The Morgan fingerprint density at radius 3 is 2.27 bits per heavy atom. The molecule has 0 aliphatic heterocycles. The van der Waals surface area contributed by atoms with E-state index in [0.29, 0.717) is 22.1 Å². The predicted molar refractivity (Wildman–Crippen MR) is 103 cm³/mol. The van der Waals surface area contributed by atoms with Crippen LogP contribution in [0.5, 0.6) is 0 Å². The van der Waals surface area contributed by atoms with Crippen LogP contribution in [0.2, 0.25) is 0 Å². The molecule has 0 radical (unpaired) electrons. The number of carbonyl (C=O) groups is 3. The van der Waals surface area contributed by atoms with E-state index in [0.717, 1.165) is 10.2 Å². The number of hydrogen-bond donors (Lipinski definition) is 3. The maximum absolute atomic E-state index is 12.4. The van der Waals surface area contributed by atoms with Crippen LogP contribution in [0.25, 0.3) is 10.2 Å². The largest absolute Gasteiger partial charge is 0.326 e. The van der Waals surface area contributed by atoms with Gasteiger partial charge in [0.2, 0.25) is 11.8 Å². The van der Waals surface area contributed by atoms with E-state index >= 15 is 0 Å². The van der Waals surface area contributed by atoms with E-state index in [1.54, 1.807) is 36.4 Å². The smallest absolute Gasteiger partial charge is 0.257 e. The van der Waals surface area contributed by atoms with Crippen molar-refractivity contribution in [3.8, 4) is 0 Å². The number of anilines is 3. The Hall–Kier alpha value is -3.26. The molecule has 0 atom stereocenters.